The highest BCUT2D eigenvalue weighted by Gasteiger charge is 2.02. The van der Waals surface area contributed by atoms with Crippen LogP contribution in [-0.2, 0) is 6.42 Å². The molecule has 6 heteroatoms. The summed E-state index contributed by atoms with van der Waals surface area (Å²) < 4.78 is 10.8. The van der Waals surface area contributed by atoms with Crippen LogP contribution in [0.1, 0.15) is 31.9 Å². The van der Waals surface area contributed by atoms with Crippen molar-refractivity contribution >= 4 is 11.8 Å². The van der Waals surface area contributed by atoms with Crippen molar-refractivity contribution in [3.8, 4) is 11.5 Å². The van der Waals surface area contributed by atoms with Crippen LogP contribution in [0.25, 0.3) is 0 Å². The van der Waals surface area contributed by atoms with E-state index in [2.05, 4.69) is 16.9 Å². The van der Waals surface area contributed by atoms with Crippen LogP contribution in [0.3, 0.4) is 0 Å². The Labute approximate surface area is 146 Å². The van der Waals surface area contributed by atoms with Gasteiger partial charge in [-0.3, -0.25) is 4.79 Å². The number of ether oxygens (including phenoxy) is 2. The maximum absolute atomic E-state index is 11.7. The molecule has 0 aliphatic carbocycles. The fourth-order valence-electron chi connectivity index (χ4n) is 2.13. The predicted octanol–water partition coefficient (Wildman–Crippen LogP) is 3.68. The first kappa shape index (κ1) is 18.4. The average molecular weight is 348 g/mol. The Bertz CT molecular complexity index is 671. The summed E-state index contributed by atoms with van der Waals surface area (Å²) in [5, 5.41) is 0.693. The molecule has 130 valence electrons. The van der Waals surface area contributed by atoms with Crippen molar-refractivity contribution in [1.82, 2.24) is 9.97 Å². The van der Waals surface area contributed by atoms with Crippen molar-refractivity contribution in [1.29, 1.82) is 0 Å². The predicted molar refractivity (Wildman–Crippen MR) is 97.3 cm³/mol. The number of rotatable bonds is 10. The fourth-order valence-corrected chi connectivity index (χ4v) is 2.94. The minimum absolute atomic E-state index is 0.0758. The molecule has 0 fully saturated rings. The second kappa shape index (κ2) is 10.0. The van der Waals surface area contributed by atoms with Crippen molar-refractivity contribution in [3.05, 3.63) is 46.4 Å². The van der Waals surface area contributed by atoms with Gasteiger partial charge < -0.3 is 14.5 Å². The number of hydrogen-bond donors (Lipinski definition) is 1. The summed E-state index contributed by atoms with van der Waals surface area (Å²) in [6.45, 7) is 2.75. The second-order valence-electron chi connectivity index (χ2n) is 5.37. The summed E-state index contributed by atoms with van der Waals surface area (Å²) in [6.07, 6.45) is 3.88. The normalized spacial score (nSPS) is 10.6. The smallest absolute Gasteiger partial charge is 0.251 e. The van der Waals surface area contributed by atoms with Crippen molar-refractivity contribution in [3.63, 3.8) is 0 Å². The Morgan fingerprint density at radius 2 is 1.92 bits per heavy atom. The van der Waals surface area contributed by atoms with Gasteiger partial charge >= 0.3 is 0 Å². The number of aromatic nitrogens is 2. The molecule has 2 rings (SSSR count). The molecule has 5 nitrogen and oxygen atoms in total. The largest absolute Gasteiger partial charge is 0.497 e. The summed E-state index contributed by atoms with van der Waals surface area (Å²) in [6, 6.07) is 9.12. The molecular formula is C18H24N2O3S. The lowest BCUT2D eigenvalue weighted by Gasteiger charge is -2.07. The van der Waals surface area contributed by atoms with Crippen molar-refractivity contribution < 1.29 is 9.47 Å². The maximum atomic E-state index is 11.7. The molecule has 0 radical (unpaired) electrons. The Hall–Kier alpha value is -1.95. The number of H-pyrrole nitrogens is 1. The summed E-state index contributed by atoms with van der Waals surface area (Å²) in [5.41, 5.74) is 0.797. The highest BCUT2D eigenvalue weighted by atomic mass is 32.2. The molecule has 1 aromatic carbocycles. The molecule has 0 saturated heterocycles. The van der Waals surface area contributed by atoms with Crippen LogP contribution in [0, 0.1) is 0 Å². The standard InChI is InChI=1S/C18H24N2O3S/c1-3-4-6-14-13-17(21)20-18(19-14)24-12-5-11-23-16-9-7-15(22-2)8-10-16/h7-10,13H,3-6,11-12H2,1-2H3,(H,19,20,21). The number of aryl methyl sites for hydroxylation is 1. The number of benzene rings is 1. The molecule has 0 amide bonds. The number of aromatic amines is 1. The van der Waals surface area contributed by atoms with E-state index in [1.54, 1.807) is 24.9 Å². The highest BCUT2D eigenvalue weighted by Crippen LogP contribution is 2.18. The first-order valence-electron chi connectivity index (χ1n) is 8.21. The van der Waals surface area contributed by atoms with E-state index < -0.39 is 0 Å². The van der Waals surface area contributed by atoms with Crippen LogP contribution in [-0.4, -0.2) is 29.4 Å². The monoisotopic (exact) mass is 348 g/mol. The lowest BCUT2D eigenvalue weighted by atomic mass is 10.2. The molecule has 2 aromatic rings. The highest BCUT2D eigenvalue weighted by molar-refractivity contribution is 7.99. The van der Waals surface area contributed by atoms with Crippen molar-refractivity contribution in [2.24, 2.45) is 0 Å². The van der Waals surface area contributed by atoms with Crippen LogP contribution in [0.5, 0.6) is 11.5 Å². The third-order valence-corrected chi connectivity index (χ3v) is 4.37. The average Bonchev–Trinajstić information content (AvgIpc) is 2.60. The van der Waals surface area contributed by atoms with Gasteiger partial charge in [-0.15, -0.1) is 0 Å². The lowest BCUT2D eigenvalue weighted by molar-refractivity contribution is 0.318. The topological polar surface area (TPSA) is 64.2 Å². The minimum Gasteiger partial charge on any atom is -0.497 e. The molecule has 0 aliphatic heterocycles. The summed E-state index contributed by atoms with van der Waals surface area (Å²) >= 11 is 1.56. The lowest BCUT2D eigenvalue weighted by Crippen LogP contribution is -2.10. The van der Waals surface area contributed by atoms with E-state index in [-0.39, 0.29) is 5.56 Å². The van der Waals surface area contributed by atoms with E-state index >= 15 is 0 Å². The molecule has 1 aromatic heterocycles. The molecule has 0 unspecified atom stereocenters. The molecule has 0 spiro atoms. The molecular weight excluding hydrogens is 324 g/mol. The number of unbranched alkanes of at least 4 members (excludes halogenated alkanes) is 1. The van der Waals surface area contributed by atoms with Gasteiger partial charge in [-0.05, 0) is 43.5 Å². The first-order chi connectivity index (χ1) is 11.7. The van der Waals surface area contributed by atoms with Crippen LogP contribution < -0.4 is 15.0 Å². The molecule has 0 bridgehead atoms. The summed E-state index contributed by atoms with van der Waals surface area (Å²) in [5.74, 6) is 2.49. The van der Waals surface area contributed by atoms with Crippen LogP contribution in [0.4, 0.5) is 0 Å². The van der Waals surface area contributed by atoms with Gasteiger partial charge in [-0.1, -0.05) is 25.1 Å². The zero-order valence-corrected chi connectivity index (χ0v) is 15.0. The SMILES string of the molecule is CCCCc1cc(=O)[nH]c(SCCCOc2ccc(OC)cc2)n1. The van der Waals surface area contributed by atoms with Gasteiger partial charge in [0.25, 0.3) is 5.56 Å². The van der Waals surface area contributed by atoms with Crippen LogP contribution >= 0.6 is 11.8 Å². The van der Waals surface area contributed by atoms with E-state index in [9.17, 15) is 4.79 Å². The van der Waals surface area contributed by atoms with Crippen molar-refractivity contribution in [2.45, 2.75) is 37.8 Å². The van der Waals surface area contributed by atoms with E-state index in [1.165, 1.54) is 0 Å². The van der Waals surface area contributed by atoms with E-state index in [0.717, 1.165) is 48.6 Å². The molecule has 0 aliphatic rings. The van der Waals surface area contributed by atoms with Gasteiger partial charge in [0.15, 0.2) is 5.16 Å². The van der Waals surface area contributed by atoms with Gasteiger partial charge in [-0.25, -0.2) is 4.98 Å². The Morgan fingerprint density at radius 1 is 1.17 bits per heavy atom. The maximum Gasteiger partial charge on any atom is 0.251 e. The molecule has 0 saturated carbocycles. The zero-order valence-electron chi connectivity index (χ0n) is 14.2. The first-order valence-corrected chi connectivity index (χ1v) is 9.19. The van der Waals surface area contributed by atoms with Gasteiger partial charge in [0.1, 0.15) is 11.5 Å². The number of hydrogen-bond acceptors (Lipinski definition) is 5. The molecule has 0 atom stereocenters. The number of nitrogens with one attached hydrogen (secondary N) is 1. The number of methoxy groups -OCH3 is 1. The molecule has 24 heavy (non-hydrogen) atoms. The third-order valence-electron chi connectivity index (χ3n) is 3.42. The van der Waals surface area contributed by atoms with E-state index in [0.29, 0.717) is 11.8 Å². The zero-order chi connectivity index (χ0) is 17.2. The molecule has 1 heterocycles. The van der Waals surface area contributed by atoms with E-state index in [1.807, 2.05) is 24.3 Å². The van der Waals surface area contributed by atoms with Gasteiger partial charge in [0.2, 0.25) is 0 Å². The van der Waals surface area contributed by atoms with E-state index in [4.69, 9.17) is 9.47 Å². The third kappa shape index (κ3) is 6.28. The van der Waals surface area contributed by atoms with Gasteiger partial charge in [0, 0.05) is 17.5 Å². The Balaban J connectivity index is 1.73. The van der Waals surface area contributed by atoms with Crippen molar-refractivity contribution in [2.75, 3.05) is 19.5 Å². The number of nitrogens with zero attached hydrogens (tertiary/aromatic N) is 1. The van der Waals surface area contributed by atoms with Gasteiger partial charge in [0.05, 0.1) is 13.7 Å². The summed E-state index contributed by atoms with van der Waals surface area (Å²) in [7, 11) is 1.64. The van der Waals surface area contributed by atoms with Crippen LogP contribution in [0.2, 0.25) is 0 Å². The summed E-state index contributed by atoms with van der Waals surface area (Å²) in [4.78, 5) is 18.9. The Kier molecular flexibility index (Phi) is 7.68. The fraction of sp³-hybridized carbons (Fsp3) is 0.444. The molecule has 1 N–H and O–H groups in total. The Morgan fingerprint density at radius 3 is 2.62 bits per heavy atom. The van der Waals surface area contributed by atoms with Crippen LogP contribution in [0.15, 0.2) is 40.3 Å². The quantitative estimate of drug-likeness (QED) is 0.403. The second-order valence-corrected chi connectivity index (χ2v) is 6.46. The minimum atomic E-state index is -0.0758. The number of thioether (sulfide) groups is 1. The van der Waals surface area contributed by atoms with Gasteiger partial charge in [-0.2, -0.15) is 0 Å².